The highest BCUT2D eigenvalue weighted by molar-refractivity contribution is 5.94. The van der Waals surface area contributed by atoms with Gasteiger partial charge in [0.05, 0.1) is 36.3 Å². The Balaban J connectivity index is 0.972. The normalized spacial score (nSPS) is 19.1. The van der Waals surface area contributed by atoms with Crippen LogP contribution in [0, 0.1) is 27.7 Å². The fourth-order valence-corrected chi connectivity index (χ4v) is 9.66. The molecular formula is C52H68N6O6. The van der Waals surface area contributed by atoms with E-state index in [1.807, 2.05) is 114 Å². The number of hydrogen-bond acceptors (Lipinski definition) is 10. The van der Waals surface area contributed by atoms with Gasteiger partial charge in [-0.15, -0.1) is 0 Å². The Labute approximate surface area is 379 Å². The average molecular weight is 873 g/mol. The van der Waals surface area contributed by atoms with Gasteiger partial charge in [0.1, 0.15) is 11.5 Å². The van der Waals surface area contributed by atoms with Crippen LogP contribution in [0.1, 0.15) is 93.4 Å². The summed E-state index contributed by atoms with van der Waals surface area (Å²) in [6.45, 7) is 8.81. The van der Waals surface area contributed by atoms with Gasteiger partial charge in [0, 0.05) is 13.1 Å². The van der Waals surface area contributed by atoms with E-state index in [2.05, 4.69) is 21.3 Å². The number of unbranched alkanes of at least 4 members (excludes halogenated alkanes) is 3. The Hall–Kier alpha value is -5.40. The number of nitrogens with one attached hydrogen (secondary N) is 4. The van der Waals surface area contributed by atoms with Crippen LogP contribution in [0.3, 0.4) is 0 Å². The van der Waals surface area contributed by atoms with E-state index in [0.717, 1.165) is 81.3 Å². The first-order chi connectivity index (χ1) is 30.5. The number of nitrogens with zero attached hydrogens (tertiary/aromatic N) is 2. The highest BCUT2D eigenvalue weighted by Gasteiger charge is 2.39. The molecule has 0 aliphatic carbocycles. The van der Waals surface area contributed by atoms with Crippen molar-refractivity contribution in [2.45, 2.75) is 115 Å². The maximum atomic E-state index is 14.4. The summed E-state index contributed by atoms with van der Waals surface area (Å²) in [4.78, 5) is 59.8. The number of benzene rings is 4. The second kappa shape index (κ2) is 21.5. The van der Waals surface area contributed by atoms with Crippen LogP contribution in [-0.2, 0) is 44.9 Å². The lowest BCUT2D eigenvalue weighted by molar-refractivity contribution is -0.129. The summed E-state index contributed by atoms with van der Waals surface area (Å²) in [6.07, 6.45) is 5.24. The summed E-state index contributed by atoms with van der Waals surface area (Å²) in [5, 5.41) is 33.2. The topological polar surface area (TPSA) is 163 Å². The third-order valence-electron chi connectivity index (χ3n) is 13.3. The number of phenolic OH excluding ortho intramolecular Hbond substituents is 2. The first kappa shape index (κ1) is 48.1. The lowest BCUT2D eigenvalue weighted by Gasteiger charge is -2.35. The predicted octanol–water partition coefficient (Wildman–Crippen LogP) is 5.42. The highest BCUT2D eigenvalue weighted by Crippen LogP contribution is 2.32. The molecule has 0 saturated carbocycles. The summed E-state index contributed by atoms with van der Waals surface area (Å²) in [6, 6.07) is 19.3. The van der Waals surface area contributed by atoms with Crippen LogP contribution in [0.5, 0.6) is 11.5 Å². The van der Waals surface area contributed by atoms with Crippen LogP contribution in [0.15, 0.2) is 72.8 Å². The molecule has 4 aromatic carbocycles. The van der Waals surface area contributed by atoms with Crippen LogP contribution in [0.2, 0.25) is 0 Å². The average Bonchev–Trinajstić information content (AvgIpc) is 3.25. The fourth-order valence-electron chi connectivity index (χ4n) is 9.66. The number of ketones is 2. The van der Waals surface area contributed by atoms with E-state index < -0.39 is 36.3 Å². The number of carbonyl (C=O) groups is 4. The molecule has 0 bridgehead atoms. The summed E-state index contributed by atoms with van der Waals surface area (Å²) >= 11 is 0. The summed E-state index contributed by atoms with van der Waals surface area (Å²) in [7, 11) is 7.60. The number of hydrogen-bond donors (Lipinski definition) is 6. The zero-order valence-electron chi connectivity index (χ0n) is 38.9. The van der Waals surface area contributed by atoms with Crippen molar-refractivity contribution in [2.24, 2.45) is 0 Å². The number of likely N-dealkylation sites (N-methyl/N-ethyl adjacent to an activating group) is 2. The predicted molar refractivity (Wildman–Crippen MR) is 252 cm³/mol. The molecule has 4 unspecified atom stereocenters. The molecule has 12 nitrogen and oxygen atoms in total. The Morgan fingerprint density at radius 3 is 1.27 bits per heavy atom. The quantitative estimate of drug-likeness (QED) is 0.0672. The molecule has 0 radical (unpaired) electrons. The second-order valence-electron chi connectivity index (χ2n) is 18.4. The van der Waals surface area contributed by atoms with Crippen molar-refractivity contribution in [3.63, 3.8) is 0 Å². The molecular weight excluding hydrogens is 805 g/mol. The molecule has 2 heterocycles. The van der Waals surface area contributed by atoms with Gasteiger partial charge >= 0.3 is 0 Å². The van der Waals surface area contributed by atoms with Gasteiger partial charge in [-0.3, -0.25) is 39.6 Å². The van der Waals surface area contributed by atoms with Crippen molar-refractivity contribution < 1.29 is 29.4 Å². The van der Waals surface area contributed by atoms with Gasteiger partial charge in [-0.1, -0.05) is 61.4 Å². The molecule has 0 aromatic heterocycles. The smallest absolute Gasteiger partial charge is 0.237 e. The van der Waals surface area contributed by atoms with Crippen LogP contribution in [0.25, 0.3) is 0 Å². The molecule has 342 valence electrons. The molecule has 64 heavy (non-hydrogen) atoms. The molecule has 0 fully saturated rings. The minimum atomic E-state index is -0.647. The number of aromatic hydroxyl groups is 2. The number of amides is 2. The zero-order valence-corrected chi connectivity index (χ0v) is 38.9. The van der Waals surface area contributed by atoms with E-state index in [9.17, 15) is 29.4 Å². The largest absolute Gasteiger partial charge is 0.508 e. The first-order valence-electron chi connectivity index (χ1n) is 22.8. The Morgan fingerprint density at radius 2 is 0.922 bits per heavy atom. The molecule has 6 N–H and O–H groups in total. The number of carbonyl (C=O) groups excluding carboxylic acids is 4. The SMILES string of the molecule is Cc1cc(O)cc(C)c1C[C@@H](C(=O)C1NC(C(=O)NCCCCCCNC(=O)C2Cc3ccccc3C(C(=O)[C@H](Cc3c(C)cc(O)cc3C)N(C)C)N2)Cc2ccccc21)N(C)C. The number of Topliss-reactive ketones (excluding diaryl/α,β-unsaturated/α-hetero) is 2. The standard InChI is InChI=1S/C52H68N6O6/c1-31-23-37(59)24-32(2)41(31)29-45(57(5)6)49(61)47-39-19-13-11-17-35(39)27-43(55-47)51(63)53-21-15-9-10-16-22-54-52(64)44-28-36-18-12-14-20-40(36)48(56-44)50(62)46(58(7)8)30-42-33(3)25-38(60)26-34(42)4/h11-14,17-20,23-26,43-48,55-56,59-60H,9-10,15-16,21-22,27-30H2,1-8H3,(H,53,63)(H,54,64)/t43?,44?,45-,46-,47?,48?/m0/s1. The van der Waals surface area contributed by atoms with E-state index in [4.69, 9.17) is 0 Å². The number of rotatable bonds is 19. The van der Waals surface area contributed by atoms with Crippen molar-refractivity contribution >= 4 is 23.4 Å². The molecule has 6 atom stereocenters. The van der Waals surface area contributed by atoms with E-state index >= 15 is 0 Å². The fraction of sp³-hybridized carbons (Fsp3) is 0.462. The Morgan fingerprint density at radius 1 is 0.578 bits per heavy atom. The second-order valence-corrected chi connectivity index (χ2v) is 18.4. The molecule has 12 heteroatoms. The number of phenols is 2. The summed E-state index contributed by atoms with van der Waals surface area (Å²) < 4.78 is 0. The van der Waals surface area contributed by atoms with Crippen molar-refractivity contribution in [3.8, 4) is 11.5 Å². The van der Waals surface area contributed by atoms with E-state index in [1.54, 1.807) is 24.3 Å². The van der Waals surface area contributed by atoms with Crippen molar-refractivity contribution in [1.82, 2.24) is 31.1 Å². The number of aryl methyl sites for hydroxylation is 4. The molecule has 4 aromatic rings. The first-order valence-corrected chi connectivity index (χ1v) is 22.8. The van der Waals surface area contributed by atoms with E-state index in [-0.39, 0.29) is 34.9 Å². The lowest BCUT2D eigenvalue weighted by Crippen LogP contribution is -2.54. The van der Waals surface area contributed by atoms with E-state index in [1.165, 1.54) is 0 Å². The molecule has 0 saturated heterocycles. The maximum Gasteiger partial charge on any atom is 0.237 e. The Bertz CT molecular complexity index is 2120. The zero-order chi connectivity index (χ0) is 46.2. The third-order valence-corrected chi connectivity index (χ3v) is 13.3. The van der Waals surface area contributed by atoms with Gasteiger partial charge in [0.25, 0.3) is 0 Å². The third kappa shape index (κ3) is 11.5. The van der Waals surface area contributed by atoms with Gasteiger partial charge in [-0.05, 0) is 174 Å². The van der Waals surface area contributed by atoms with Crippen molar-refractivity contribution in [2.75, 3.05) is 41.3 Å². The molecule has 6 rings (SSSR count). The molecule has 2 aliphatic rings. The van der Waals surface area contributed by atoms with Gasteiger partial charge in [-0.2, -0.15) is 0 Å². The van der Waals surface area contributed by atoms with Crippen molar-refractivity contribution in [1.29, 1.82) is 0 Å². The Kier molecular flexibility index (Phi) is 16.2. The van der Waals surface area contributed by atoms with E-state index in [0.29, 0.717) is 38.8 Å². The summed E-state index contributed by atoms with van der Waals surface area (Å²) in [5.74, 6) is 0.146. The minimum absolute atomic E-state index is 0.00336. The molecule has 2 aliphatic heterocycles. The number of fused-ring (bicyclic) bond motifs is 2. The minimum Gasteiger partial charge on any atom is -0.508 e. The van der Waals surface area contributed by atoms with Crippen LogP contribution in [-0.4, -0.2) is 109 Å². The lowest BCUT2D eigenvalue weighted by atomic mass is 9.84. The van der Waals surface area contributed by atoms with Crippen molar-refractivity contribution in [3.05, 3.63) is 128 Å². The van der Waals surface area contributed by atoms with Gasteiger partial charge in [0.15, 0.2) is 11.6 Å². The summed E-state index contributed by atoms with van der Waals surface area (Å²) in [5.41, 5.74) is 9.57. The van der Waals surface area contributed by atoms with Crippen LogP contribution < -0.4 is 21.3 Å². The van der Waals surface area contributed by atoms with Gasteiger partial charge in [0.2, 0.25) is 11.8 Å². The van der Waals surface area contributed by atoms with Crippen LogP contribution >= 0.6 is 0 Å². The van der Waals surface area contributed by atoms with Gasteiger partial charge in [-0.25, -0.2) is 0 Å². The monoisotopic (exact) mass is 873 g/mol. The molecule has 2 amide bonds. The van der Waals surface area contributed by atoms with Crippen LogP contribution in [0.4, 0.5) is 0 Å². The highest BCUT2D eigenvalue weighted by atomic mass is 16.3. The maximum absolute atomic E-state index is 14.4. The molecule has 0 spiro atoms. The van der Waals surface area contributed by atoms with Gasteiger partial charge < -0.3 is 20.8 Å².